The molecule has 1 rings (SSSR count). The van der Waals surface area contributed by atoms with Gasteiger partial charge in [0.1, 0.15) is 9.84 Å². The van der Waals surface area contributed by atoms with Gasteiger partial charge in [-0.05, 0) is 38.4 Å². The zero-order valence-electron chi connectivity index (χ0n) is 9.40. The smallest absolute Gasteiger partial charge is 0.147 e. The van der Waals surface area contributed by atoms with Crippen LogP contribution < -0.4 is 0 Å². The number of aliphatic hydroxyl groups excluding tert-OH is 1. The summed E-state index contributed by atoms with van der Waals surface area (Å²) >= 11 is 1.81. The Morgan fingerprint density at radius 1 is 1.53 bits per heavy atom. The van der Waals surface area contributed by atoms with Crippen LogP contribution >= 0.6 is 11.8 Å². The molecule has 1 N–H and O–H groups in total. The lowest BCUT2D eigenvalue weighted by Crippen LogP contribution is -2.33. The highest BCUT2D eigenvalue weighted by molar-refractivity contribution is 8.00. The first-order valence-corrected chi connectivity index (χ1v) is 8.38. The van der Waals surface area contributed by atoms with E-state index in [1.54, 1.807) is 0 Å². The summed E-state index contributed by atoms with van der Waals surface area (Å²) in [4.78, 5) is 0. The van der Waals surface area contributed by atoms with Crippen LogP contribution in [0.5, 0.6) is 0 Å². The molecule has 0 saturated carbocycles. The van der Waals surface area contributed by atoms with Gasteiger partial charge in [-0.1, -0.05) is 0 Å². The molecule has 1 saturated heterocycles. The van der Waals surface area contributed by atoms with Gasteiger partial charge in [0, 0.05) is 16.8 Å². The van der Waals surface area contributed by atoms with Crippen LogP contribution in [0, 0.1) is 0 Å². The third-order valence-corrected chi connectivity index (χ3v) is 5.61. The molecule has 0 aromatic carbocycles. The fraction of sp³-hybridized carbons (Fsp3) is 1.00. The number of thioether (sulfide) groups is 1. The summed E-state index contributed by atoms with van der Waals surface area (Å²) in [5.74, 6) is 1.30. The summed E-state index contributed by atoms with van der Waals surface area (Å²) in [6, 6.07) is 0. The first-order valence-electron chi connectivity index (χ1n) is 5.33. The molecule has 1 aliphatic rings. The lowest BCUT2D eigenvalue weighted by molar-refractivity contribution is 0.123. The minimum atomic E-state index is -2.88. The largest absolute Gasteiger partial charge is 0.392 e. The predicted molar refractivity (Wildman–Crippen MR) is 65.0 cm³/mol. The van der Waals surface area contributed by atoms with E-state index in [1.165, 1.54) is 6.26 Å². The van der Waals surface area contributed by atoms with E-state index in [0.717, 1.165) is 18.6 Å². The van der Waals surface area contributed by atoms with Crippen molar-refractivity contribution in [1.29, 1.82) is 0 Å². The van der Waals surface area contributed by atoms with E-state index in [4.69, 9.17) is 0 Å². The maximum absolute atomic E-state index is 10.9. The first kappa shape index (κ1) is 13.3. The van der Waals surface area contributed by atoms with Crippen LogP contribution in [-0.2, 0) is 9.84 Å². The van der Waals surface area contributed by atoms with Crippen LogP contribution in [0.25, 0.3) is 0 Å². The zero-order valence-corrected chi connectivity index (χ0v) is 11.0. The molecule has 5 heteroatoms. The van der Waals surface area contributed by atoms with E-state index in [-0.39, 0.29) is 16.6 Å². The fourth-order valence-electron chi connectivity index (χ4n) is 1.91. The Kier molecular flexibility index (Phi) is 4.50. The Labute approximate surface area is 96.6 Å². The van der Waals surface area contributed by atoms with Gasteiger partial charge in [-0.3, -0.25) is 0 Å². The molecule has 2 unspecified atom stereocenters. The van der Waals surface area contributed by atoms with E-state index in [9.17, 15) is 13.5 Å². The molecule has 1 aliphatic heterocycles. The second-order valence-electron chi connectivity index (χ2n) is 4.55. The molecule has 90 valence electrons. The van der Waals surface area contributed by atoms with E-state index in [0.29, 0.717) is 12.8 Å². The van der Waals surface area contributed by atoms with Crippen LogP contribution in [0.1, 0.15) is 32.6 Å². The third kappa shape index (κ3) is 4.33. The van der Waals surface area contributed by atoms with Crippen molar-refractivity contribution in [1.82, 2.24) is 0 Å². The molecule has 0 spiro atoms. The molecule has 0 aromatic rings. The number of hydrogen-bond donors (Lipinski definition) is 1. The van der Waals surface area contributed by atoms with Gasteiger partial charge in [-0.2, -0.15) is 11.8 Å². The van der Waals surface area contributed by atoms with E-state index < -0.39 is 9.84 Å². The van der Waals surface area contributed by atoms with Gasteiger partial charge in [0.05, 0.1) is 6.10 Å². The quantitative estimate of drug-likeness (QED) is 0.805. The topological polar surface area (TPSA) is 54.4 Å². The van der Waals surface area contributed by atoms with Gasteiger partial charge in [-0.15, -0.1) is 0 Å². The van der Waals surface area contributed by atoms with Crippen molar-refractivity contribution in [3.63, 3.8) is 0 Å². The van der Waals surface area contributed by atoms with Crippen molar-refractivity contribution in [2.75, 3.05) is 17.8 Å². The van der Waals surface area contributed by atoms with Gasteiger partial charge >= 0.3 is 0 Å². The highest BCUT2D eigenvalue weighted by Gasteiger charge is 2.36. The molecule has 15 heavy (non-hydrogen) atoms. The minimum Gasteiger partial charge on any atom is -0.392 e. The first-order chi connectivity index (χ1) is 6.83. The summed E-state index contributed by atoms with van der Waals surface area (Å²) in [5.41, 5.74) is 0. The Balaban J connectivity index is 2.32. The van der Waals surface area contributed by atoms with E-state index in [2.05, 4.69) is 6.92 Å². The van der Waals surface area contributed by atoms with Crippen molar-refractivity contribution in [3.05, 3.63) is 0 Å². The van der Waals surface area contributed by atoms with Gasteiger partial charge in [0.25, 0.3) is 0 Å². The summed E-state index contributed by atoms with van der Waals surface area (Å²) in [6.45, 7) is 2.08. The van der Waals surface area contributed by atoms with Gasteiger partial charge in [0.15, 0.2) is 0 Å². The summed E-state index contributed by atoms with van der Waals surface area (Å²) < 4.78 is 21.8. The van der Waals surface area contributed by atoms with Crippen LogP contribution in [0.15, 0.2) is 0 Å². The molecular formula is C10H20O3S2. The molecule has 1 heterocycles. The molecular weight excluding hydrogens is 232 g/mol. The monoisotopic (exact) mass is 252 g/mol. The maximum atomic E-state index is 10.9. The molecule has 0 bridgehead atoms. The third-order valence-electron chi connectivity index (χ3n) is 2.95. The lowest BCUT2D eigenvalue weighted by atomic mass is 9.95. The number of aliphatic hydroxyl groups is 1. The van der Waals surface area contributed by atoms with Crippen molar-refractivity contribution in [2.45, 2.75) is 43.5 Å². The standard InChI is InChI=1S/C10H20O3S2/c1-10(6-4-7-14-10)9(11)5-3-8-15(2,12)13/h9,11H,3-8H2,1-2H3. The van der Waals surface area contributed by atoms with Crippen molar-refractivity contribution in [3.8, 4) is 0 Å². The van der Waals surface area contributed by atoms with Crippen molar-refractivity contribution in [2.24, 2.45) is 0 Å². The van der Waals surface area contributed by atoms with E-state index in [1.807, 2.05) is 11.8 Å². The highest BCUT2D eigenvalue weighted by atomic mass is 32.2. The molecule has 1 fully saturated rings. The second kappa shape index (κ2) is 5.06. The number of rotatable bonds is 5. The van der Waals surface area contributed by atoms with Gasteiger partial charge < -0.3 is 5.11 Å². The zero-order chi connectivity index (χ0) is 11.5. The highest BCUT2D eigenvalue weighted by Crippen LogP contribution is 2.41. The number of sulfone groups is 1. The SMILES string of the molecule is CC1(C(O)CCCS(C)(=O)=O)CCCS1. The van der Waals surface area contributed by atoms with Gasteiger partial charge in [-0.25, -0.2) is 8.42 Å². The molecule has 0 aromatic heterocycles. The maximum Gasteiger partial charge on any atom is 0.147 e. The molecule has 3 nitrogen and oxygen atoms in total. The number of hydrogen-bond acceptors (Lipinski definition) is 4. The van der Waals surface area contributed by atoms with Gasteiger partial charge in [0.2, 0.25) is 0 Å². The van der Waals surface area contributed by atoms with Crippen molar-refractivity contribution >= 4 is 21.6 Å². The minimum absolute atomic E-state index is 0.0441. The predicted octanol–water partition coefficient (Wildman–Crippen LogP) is 1.46. The fourth-order valence-corrected chi connectivity index (χ4v) is 3.95. The Morgan fingerprint density at radius 3 is 2.67 bits per heavy atom. The Hall–Kier alpha value is 0.260. The van der Waals surface area contributed by atoms with Crippen LogP contribution in [-0.4, -0.2) is 42.1 Å². The Morgan fingerprint density at radius 2 is 2.20 bits per heavy atom. The Bertz CT molecular complexity index is 292. The lowest BCUT2D eigenvalue weighted by Gasteiger charge is -2.29. The van der Waals surface area contributed by atoms with Crippen LogP contribution in [0.4, 0.5) is 0 Å². The van der Waals surface area contributed by atoms with Crippen LogP contribution in [0.3, 0.4) is 0 Å². The second-order valence-corrected chi connectivity index (χ2v) is 8.44. The molecule has 0 aliphatic carbocycles. The summed E-state index contributed by atoms with van der Waals surface area (Å²) in [6.07, 6.45) is 4.23. The average molecular weight is 252 g/mol. The molecule has 2 atom stereocenters. The van der Waals surface area contributed by atoms with E-state index >= 15 is 0 Å². The normalized spacial score (nSPS) is 29.3. The van der Waals surface area contributed by atoms with Crippen molar-refractivity contribution < 1.29 is 13.5 Å². The molecule has 0 radical (unpaired) electrons. The molecule has 0 amide bonds. The summed E-state index contributed by atoms with van der Waals surface area (Å²) in [7, 11) is -2.88. The van der Waals surface area contributed by atoms with Crippen LogP contribution in [0.2, 0.25) is 0 Å². The summed E-state index contributed by atoms with van der Waals surface area (Å²) in [5, 5.41) is 9.99. The average Bonchev–Trinajstić information content (AvgIpc) is 2.51.